The Morgan fingerprint density at radius 2 is 1.56 bits per heavy atom. The van der Waals surface area contributed by atoms with E-state index in [4.69, 9.17) is 9.90 Å². The van der Waals surface area contributed by atoms with E-state index >= 15 is 0 Å². The van der Waals surface area contributed by atoms with Gasteiger partial charge in [0.15, 0.2) is 0 Å². The zero-order chi connectivity index (χ0) is 31.7. The molecule has 1 aromatic heterocycles. The number of para-hydroxylation sites is 1. The fourth-order valence-electron chi connectivity index (χ4n) is 3.71. The molecule has 4 rings (SSSR count). The number of alkyl halides is 3. The van der Waals surface area contributed by atoms with E-state index in [1.165, 1.54) is 36.5 Å². The van der Waals surface area contributed by atoms with Crippen LogP contribution in [0, 0.1) is 11.7 Å². The van der Waals surface area contributed by atoms with E-state index in [2.05, 4.69) is 34.8 Å². The molecule has 9 nitrogen and oxygen atoms in total. The van der Waals surface area contributed by atoms with Crippen molar-refractivity contribution in [3.05, 3.63) is 89.9 Å². The third kappa shape index (κ3) is 9.15. The monoisotopic (exact) mass is 600 g/mol. The molecule has 0 aliphatic heterocycles. The summed E-state index contributed by atoms with van der Waals surface area (Å²) in [4.78, 5) is 38.8. The first kappa shape index (κ1) is 32.3. The molecule has 2 amide bonds. The number of pyridine rings is 1. The van der Waals surface area contributed by atoms with Crippen molar-refractivity contribution in [2.75, 3.05) is 17.2 Å². The Hall–Kier alpha value is -5.20. The standard InChI is InChI=1S/C28H27FN4O3.C2HF3O2/c1-17(2)13-14-30-28(36)23-16-31-26-22(7-4-8-24(26)34)25(23)32-20-5-3-6-21(15-20)33-27(35)18-9-11-19(29)12-10-18;3-2(4,5)1(6)7/h3-12,15-17,34H,13-14H2,1-2H3,(H,30,36)(H,31,32)(H,33,35);(H,6,7). The van der Waals surface area contributed by atoms with Gasteiger partial charge in [-0.25, -0.2) is 9.18 Å². The summed E-state index contributed by atoms with van der Waals surface area (Å²) in [6, 6.07) is 17.3. The van der Waals surface area contributed by atoms with Crippen LogP contribution in [0.5, 0.6) is 5.75 Å². The molecule has 0 spiro atoms. The number of amides is 2. The largest absolute Gasteiger partial charge is 0.506 e. The summed E-state index contributed by atoms with van der Waals surface area (Å²) in [5.74, 6) is -3.39. The summed E-state index contributed by atoms with van der Waals surface area (Å²) in [6.07, 6.45) is -2.80. The number of hydrogen-bond donors (Lipinski definition) is 5. The highest BCUT2D eigenvalue weighted by molar-refractivity contribution is 6.09. The molecular formula is C30H28F4N4O5. The summed E-state index contributed by atoms with van der Waals surface area (Å²) in [5.41, 5.74) is 2.63. The van der Waals surface area contributed by atoms with Gasteiger partial charge < -0.3 is 26.2 Å². The number of rotatable bonds is 8. The molecule has 0 saturated heterocycles. The van der Waals surface area contributed by atoms with Gasteiger partial charge in [-0.3, -0.25) is 14.6 Å². The average Bonchev–Trinajstić information content (AvgIpc) is 2.93. The van der Waals surface area contributed by atoms with Crippen molar-refractivity contribution in [1.82, 2.24) is 10.3 Å². The number of fused-ring (bicyclic) bond motifs is 1. The predicted octanol–water partition coefficient (Wildman–Crippen LogP) is 6.48. The van der Waals surface area contributed by atoms with Crippen LogP contribution in [0.1, 0.15) is 41.0 Å². The predicted molar refractivity (Wildman–Crippen MR) is 153 cm³/mol. The Morgan fingerprint density at radius 3 is 2.19 bits per heavy atom. The molecule has 226 valence electrons. The lowest BCUT2D eigenvalue weighted by molar-refractivity contribution is -0.192. The van der Waals surface area contributed by atoms with Crippen molar-refractivity contribution < 1.29 is 42.2 Å². The van der Waals surface area contributed by atoms with Crippen LogP contribution in [0.25, 0.3) is 10.9 Å². The molecule has 0 fully saturated rings. The van der Waals surface area contributed by atoms with Crippen molar-refractivity contribution in [1.29, 1.82) is 0 Å². The van der Waals surface area contributed by atoms with Crippen LogP contribution in [0.4, 0.5) is 34.6 Å². The minimum atomic E-state index is -5.08. The summed E-state index contributed by atoms with van der Waals surface area (Å²) in [6.45, 7) is 4.70. The molecule has 5 N–H and O–H groups in total. The Morgan fingerprint density at radius 1 is 0.930 bits per heavy atom. The van der Waals surface area contributed by atoms with Gasteiger partial charge in [-0.15, -0.1) is 0 Å². The number of hydrogen-bond acceptors (Lipinski definition) is 6. The molecule has 13 heteroatoms. The number of phenols is 1. The maximum atomic E-state index is 13.2. The Bertz CT molecular complexity index is 1610. The van der Waals surface area contributed by atoms with Crippen molar-refractivity contribution in [2.45, 2.75) is 26.4 Å². The van der Waals surface area contributed by atoms with Gasteiger partial charge in [0, 0.05) is 35.1 Å². The summed E-state index contributed by atoms with van der Waals surface area (Å²) in [5, 5.41) is 27.0. The fourth-order valence-corrected chi connectivity index (χ4v) is 3.71. The first-order chi connectivity index (χ1) is 20.3. The van der Waals surface area contributed by atoms with Crippen molar-refractivity contribution in [3.8, 4) is 5.75 Å². The van der Waals surface area contributed by atoms with E-state index in [9.17, 15) is 32.3 Å². The number of carboxylic acid groups (broad SMARTS) is 1. The molecule has 43 heavy (non-hydrogen) atoms. The van der Waals surface area contributed by atoms with Crippen LogP contribution in [-0.2, 0) is 4.79 Å². The maximum Gasteiger partial charge on any atom is 0.490 e. The Kier molecular flexibility index (Phi) is 10.6. The molecule has 0 saturated carbocycles. The van der Waals surface area contributed by atoms with Gasteiger partial charge in [0.25, 0.3) is 11.8 Å². The maximum absolute atomic E-state index is 13.2. The Labute approximate surface area is 243 Å². The molecule has 1 heterocycles. The van der Waals surface area contributed by atoms with Gasteiger partial charge in [0.05, 0.1) is 11.3 Å². The number of aliphatic carboxylic acids is 1. The van der Waals surface area contributed by atoms with E-state index in [0.29, 0.717) is 51.6 Å². The van der Waals surface area contributed by atoms with Gasteiger partial charge >= 0.3 is 12.1 Å². The average molecular weight is 601 g/mol. The van der Waals surface area contributed by atoms with Crippen LogP contribution in [-0.4, -0.2) is 45.7 Å². The highest BCUT2D eigenvalue weighted by Gasteiger charge is 2.38. The second kappa shape index (κ2) is 14.1. The summed E-state index contributed by atoms with van der Waals surface area (Å²) < 4.78 is 44.9. The number of anilines is 3. The first-order valence-electron chi connectivity index (χ1n) is 12.9. The number of carboxylic acids is 1. The zero-order valence-electron chi connectivity index (χ0n) is 23.0. The van der Waals surface area contributed by atoms with Crippen LogP contribution in [0.3, 0.4) is 0 Å². The second-order valence-corrected chi connectivity index (χ2v) is 9.63. The molecular weight excluding hydrogens is 572 g/mol. The highest BCUT2D eigenvalue weighted by Crippen LogP contribution is 2.33. The van der Waals surface area contributed by atoms with Crippen LogP contribution >= 0.6 is 0 Å². The Balaban J connectivity index is 0.000000646. The van der Waals surface area contributed by atoms with Crippen molar-refractivity contribution >= 4 is 45.7 Å². The van der Waals surface area contributed by atoms with Crippen LogP contribution in [0.15, 0.2) is 72.9 Å². The molecule has 0 aliphatic carbocycles. The van der Waals surface area contributed by atoms with Gasteiger partial charge in [0.1, 0.15) is 17.1 Å². The van der Waals surface area contributed by atoms with Gasteiger partial charge in [-0.2, -0.15) is 13.2 Å². The number of carbonyl (C=O) groups excluding carboxylic acids is 2. The number of phenolic OH excluding ortho intramolecular Hbond substituents is 1. The molecule has 0 bridgehead atoms. The minimum absolute atomic E-state index is 0.00243. The number of nitrogens with zero attached hydrogens (tertiary/aromatic N) is 1. The van der Waals surface area contributed by atoms with Gasteiger partial charge in [0.2, 0.25) is 0 Å². The number of aromatic hydroxyl groups is 1. The molecule has 3 aromatic carbocycles. The van der Waals surface area contributed by atoms with E-state index in [0.717, 1.165) is 6.42 Å². The lowest BCUT2D eigenvalue weighted by atomic mass is 10.1. The number of halogens is 4. The van der Waals surface area contributed by atoms with Gasteiger partial charge in [-0.1, -0.05) is 32.0 Å². The third-order valence-electron chi connectivity index (χ3n) is 5.87. The quantitative estimate of drug-likeness (QED) is 0.146. The third-order valence-corrected chi connectivity index (χ3v) is 5.87. The van der Waals surface area contributed by atoms with Gasteiger partial charge in [-0.05, 0) is 60.9 Å². The molecule has 0 atom stereocenters. The summed E-state index contributed by atoms with van der Waals surface area (Å²) >= 11 is 0. The van der Waals surface area contributed by atoms with Crippen molar-refractivity contribution in [3.63, 3.8) is 0 Å². The normalized spacial score (nSPS) is 11.0. The molecule has 4 aromatic rings. The summed E-state index contributed by atoms with van der Waals surface area (Å²) in [7, 11) is 0. The topological polar surface area (TPSA) is 141 Å². The lowest BCUT2D eigenvalue weighted by Crippen LogP contribution is -2.26. The minimum Gasteiger partial charge on any atom is -0.506 e. The number of carbonyl (C=O) groups is 3. The SMILES string of the molecule is CC(C)CCNC(=O)c1cnc2c(O)cccc2c1Nc1cccc(NC(=O)c2ccc(F)cc2)c1.O=C(O)C(F)(F)F. The van der Waals surface area contributed by atoms with E-state index < -0.39 is 18.0 Å². The lowest BCUT2D eigenvalue weighted by Gasteiger charge is -2.16. The number of aromatic nitrogens is 1. The molecule has 0 aliphatic rings. The first-order valence-corrected chi connectivity index (χ1v) is 12.9. The zero-order valence-corrected chi connectivity index (χ0v) is 23.0. The highest BCUT2D eigenvalue weighted by atomic mass is 19.4. The van der Waals surface area contributed by atoms with Crippen LogP contribution < -0.4 is 16.0 Å². The smallest absolute Gasteiger partial charge is 0.490 e. The number of benzene rings is 3. The second-order valence-electron chi connectivity index (χ2n) is 9.63. The van der Waals surface area contributed by atoms with E-state index in [-0.39, 0.29) is 17.6 Å². The van der Waals surface area contributed by atoms with Crippen molar-refractivity contribution in [2.24, 2.45) is 5.92 Å². The van der Waals surface area contributed by atoms with Crippen LogP contribution in [0.2, 0.25) is 0 Å². The number of nitrogens with one attached hydrogen (secondary N) is 3. The molecule has 0 radical (unpaired) electrons. The van der Waals surface area contributed by atoms with E-state index in [1.807, 2.05) is 0 Å². The molecule has 0 unspecified atom stereocenters. The van der Waals surface area contributed by atoms with E-state index in [1.54, 1.807) is 36.4 Å². The fraction of sp³-hybridized carbons (Fsp3) is 0.200.